The van der Waals surface area contributed by atoms with Crippen LogP contribution in [0.25, 0.3) is 0 Å². The number of aryl methyl sites for hydroxylation is 1. The molecule has 0 aliphatic heterocycles. The summed E-state index contributed by atoms with van der Waals surface area (Å²) in [6.45, 7) is 0.754. The summed E-state index contributed by atoms with van der Waals surface area (Å²) in [5.74, 6) is 1.85. The maximum Gasteiger partial charge on any atom is 0.254 e. The first kappa shape index (κ1) is 20.3. The van der Waals surface area contributed by atoms with Gasteiger partial charge in [0.1, 0.15) is 16.7 Å². The second kappa shape index (κ2) is 9.24. The number of aromatic nitrogens is 1. The van der Waals surface area contributed by atoms with Crippen molar-refractivity contribution in [2.24, 2.45) is 17.8 Å². The molecule has 2 aliphatic rings. The third kappa shape index (κ3) is 5.16. The fraction of sp³-hybridized carbons (Fsp3) is 0.478. The first-order valence-corrected chi connectivity index (χ1v) is 11.4. The number of pyridine rings is 1. The fourth-order valence-corrected chi connectivity index (χ4v) is 5.76. The molecule has 2 saturated carbocycles. The third-order valence-corrected chi connectivity index (χ3v) is 7.29. The van der Waals surface area contributed by atoms with Gasteiger partial charge in [-0.2, -0.15) is 0 Å². The summed E-state index contributed by atoms with van der Waals surface area (Å²) in [5, 5.41) is 3.83. The van der Waals surface area contributed by atoms with Crippen molar-refractivity contribution in [3.05, 3.63) is 59.3 Å². The molecule has 0 radical (unpaired) electrons. The predicted molar refractivity (Wildman–Crippen MR) is 111 cm³/mol. The summed E-state index contributed by atoms with van der Waals surface area (Å²) in [5.41, 5.74) is 1.26. The minimum atomic E-state index is -0.549. The van der Waals surface area contributed by atoms with Crippen molar-refractivity contribution in [1.82, 2.24) is 10.3 Å². The summed E-state index contributed by atoms with van der Waals surface area (Å²) in [6.07, 6.45) is 8.28. The van der Waals surface area contributed by atoms with Gasteiger partial charge in [0.2, 0.25) is 0 Å². The average molecular weight is 417 g/mol. The van der Waals surface area contributed by atoms with Crippen molar-refractivity contribution in [3.8, 4) is 0 Å². The van der Waals surface area contributed by atoms with E-state index in [2.05, 4.69) is 10.3 Å². The van der Waals surface area contributed by atoms with Gasteiger partial charge < -0.3 is 5.32 Å². The molecule has 1 N–H and O–H groups in total. The lowest BCUT2D eigenvalue weighted by Gasteiger charge is -2.22. The number of halogens is 2. The van der Waals surface area contributed by atoms with Crippen LogP contribution in [0.1, 0.15) is 48.0 Å². The molecular weight excluding hydrogens is 390 g/mol. The van der Waals surface area contributed by atoms with Crippen LogP contribution >= 0.6 is 11.8 Å². The first-order valence-electron chi connectivity index (χ1n) is 10.4. The average Bonchev–Trinajstić information content (AvgIpc) is 3.32. The SMILES string of the molecule is O=C(NCC1CC2CCC1C2)c1cccnc1SCCCc1cc(F)cc(F)c1. The Labute approximate surface area is 174 Å². The van der Waals surface area contributed by atoms with E-state index in [-0.39, 0.29) is 5.91 Å². The van der Waals surface area contributed by atoms with Gasteiger partial charge in [-0.25, -0.2) is 13.8 Å². The Morgan fingerprint density at radius 2 is 2.00 bits per heavy atom. The molecule has 2 aromatic rings. The minimum Gasteiger partial charge on any atom is -0.352 e. The number of rotatable bonds is 8. The lowest BCUT2D eigenvalue weighted by atomic mass is 9.89. The van der Waals surface area contributed by atoms with Gasteiger partial charge in [-0.05, 0) is 85.4 Å². The van der Waals surface area contributed by atoms with E-state index in [0.29, 0.717) is 28.5 Å². The molecule has 1 heterocycles. The number of benzene rings is 1. The number of carbonyl (C=O) groups excluding carboxylic acids is 1. The van der Waals surface area contributed by atoms with Gasteiger partial charge >= 0.3 is 0 Å². The van der Waals surface area contributed by atoms with Crippen molar-refractivity contribution in [2.75, 3.05) is 12.3 Å². The molecule has 0 spiro atoms. The first-order chi connectivity index (χ1) is 14.1. The van der Waals surface area contributed by atoms with Crippen LogP contribution in [0.3, 0.4) is 0 Å². The van der Waals surface area contributed by atoms with Gasteiger partial charge in [-0.3, -0.25) is 4.79 Å². The monoisotopic (exact) mass is 416 g/mol. The Kier molecular flexibility index (Phi) is 6.48. The standard InChI is InChI=1S/C23H26F2N2OS/c24-19-11-15(12-20(25)13-19)3-2-8-29-23-21(4-1-7-26-23)22(28)27-14-18-10-16-5-6-17(18)9-16/h1,4,7,11-13,16-18H,2-3,5-6,8-10,14H2,(H,27,28). The van der Waals surface area contributed by atoms with E-state index in [9.17, 15) is 13.6 Å². The smallest absolute Gasteiger partial charge is 0.254 e. The summed E-state index contributed by atoms with van der Waals surface area (Å²) in [4.78, 5) is 17.1. The normalized spacial score (nSPS) is 22.8. The Bertz CT molecular complexity index is 855. The zero-order valence-corrected chi connectivity index (χ0v) is 17.2. The van der Waals surface area contributed by atoms with Crippen LogP contribution in [0.2, 0.25) is 0 Å². The highest BCUT2D eigenvalue weighted by atomic mass is 32.2. The fourth-order valence-electron chi connectivity index (χ4n) is 4.82. The van der Waals surface area contributed by atoms with Crippen molar-refractivity contribution < 1.29 is 13.6 Å². The van der Waals surface area contributed by atoms with Crippen LogP contribution in [0, 0.1) is 29.4 Å². The van der Waals surface area contributed by atoms with E-state index < -0.39 is 11.6 Å². The van der Waals surface area contributed by atoms with Gasteiger partial charge in [0.25, 0.3) is 5.91 Å². The summed E-state index contributed by atoms with van der Waals surface area (Å²) < 4.78 is 26.6. The summed E-state index contributed by atoms with van der Waals surface area (Å²) in [7, 11) is 0. The predicted octanol–water partition coefficient (Wildman–Crippen LogP) is 5.25. The largest absolute Gasteiger partial charge is 0.352 e. The molecular formula is C23H26F2N2OS. The topological polar surface area (TPSA) is 42.0 Å². The molecule has 1 aromatic carbocycles. The van der Waals surface area contributed by atoms with Gasteiger partial charge in [0, 0.05) is 18.8 Å². The molecule has 4 rings (SSSR count). The molecule has 29 heavy (non-hydrogen) atoms. The van der Waals surface area contributed by atoms with Crippen molar-refractivity contribution in [2.45, 2.75) is 43.6 Å². The van der Waals surface area contributed by atoms with Crippen molar-refractivity contribution in [3.63, 3.8) is 0 Å². The number of nitrogens with one attached hydrogen (secondary N) is 1. The second-order valence-electron chi connectivity index (χ2n) is 8.23. The van der Waals surface area contributed by atoms with Crippen LogP contribution in [-0.4, -0.2) is 23.2 Å². The summed E-state index contributed by atoms with van der Waals surface area (Å²) >= 11 is 1.51. The number of carbonyl (C=O) groups is 1. The Morgan fingerprint density at radius 3 is 2.72 bits per heavy atom. The van der Waals surface area contributed by atoms with Gasteiger partial charge in [-0.1, -0.05) is 6.42 Å². The molecule has 6 heteroatoms. The van der Waals surface area contributed by atoms with E-state index in [0.717, 1.165) is 36.6 Å². The molecule has 1 aromatic heterocycles. The van der Waals surface area contributed by atoms with Gasteiger partial charge in [-0.15, -0.1) is 11.8 Å². The van der Waals surface area contributed by atoms with E-state index in [4.69, 9.17) is 0 Å². The van der Waals surface area contributed by atoms with Crippen LogP contribution < -0.4 is 5.32 Å². The molecule has 2 fully saturated rings. The van der Waals surface area contributed by atoms with E-state index >= 15 is 0 Å². The number of thioether (sulfide) groups is 1. The highest BCUT2D eigenvalue weighted by Crippen LogP contribution is 2.47. The quantitative estimate of drug-likeness (QED) is 0.472. The Morgan fingerprint density at radius 1 is 1.17 bits per heavy atom. The number of fused-ring (bicyclic) bond motifs is 2. The zero-order valence-electron chi connectivity index (χ0n) is 16.4. The van der Waals surface area contributed by atoms with Crippen molar-refractivity contribution >= 4 is 17.7 Å². The maximum atomic E-state index is 13.3. The van der Waals surface area contributed by atoms with Crippen LogP contribution in [-0.2, 0) is 6.42 Å². The molecule has 154 valence electrons. The zero-order chi connectivity index (χ0) is 20.2. The third-order valence-electron chi connectivity index (χ3n) is 6.20. The highest BCUT2D eigenvalue weighted by Gasteiger charge is 2.39. The lowest BCUT2D eigenvalue weighted by Crippen LogP contribution is -2.32. The maximum absolute atomic E-state index is 13.3. The van der Waals surface area contributed by atoms with E-state index in [1.165, 1.54) is 49.6 Å². The molecule has 0 saturated heterocycles. The number of hydrogen-bond donors (Lipinski definition) is 1. The minimum absolute atomic E-state index is 0.0597. The number of nitrogens with zero attached hydrogens (tertiary/aromatic N) is 1. The molecule has 3 atom stereocenters. The molecule has 2 aliphatic carbocycles. The highest BCUT2D eigenvalue weighted by molar-refractivity contribution is 7.99. The number of hydrogen-bond acceptors (Lipinski definition) is 3. The van der Waals surface area contributed by atoms with Crippen molar-refractivity contribution in [1.29, 1.82) is 0 Å². The van der Waals surface area contributed by atoms with E-state index in [1.54, 1.807) is 12.3 Å². The summed E-state index contributed by atoms with van der Waals surface area (Å²) in [6, 6.07) is 7.21. The van der Waals surface area contributed by atoms with Crippen LogP contribution in [0.15, 0.2) is 41.6 Å². The Balaban J connectivity index is 1.27. The number of amides is 1. The molecule has 3 unspecified atom stereocenters. The van der Waals surface area contributed by atoms with Gasteiger partial charge in [0.15, 0.2) is 0 Å². The molecule has 3 nitrogen and oxygen atoms in total. The molecule has 2 bridgehead atoms. The van der Waals surface area contributed by atoms with Crippen LogP contribution in [0.4, 0.5) is 8.78 Å². The van der Waals surface area contributed by atoms with Gasteiger partial charge in [0.05, 0.1) is 5.56 Å². The lowest BCUT2D eigenvalue weighted by molar-refractivity contribution is 0.0938. The second-order valence-corrected chi connectivity index (χ2v) is 9.31. The Hall–Kier alpha value is -1.95. The van der Waals surface area contributed by atoms with E-state index in [1.807, 2.05) is 6.07 Å². The van der Waals surface area contributed by atoms with Crippen LogP contribution in [0.5, 0.6) is 0 Å². The molecule has 1 amide bonds.